The predicted molar refractivity (Wildman–Crippen MR) is 311 cm³/mol. The lowest BCUT2D eigenvalue weighted by molar-refractivity contribution is -0.157. The number of carboxylic acids is 1. The highest BCUT2D eigenvalue weighted by Gasteiger charge is 2.49. The SMILES string of the molecule is O=C(N1CCN(C2CC2)c2ccccc21)C1(O)CCCC1.O=C(N1CCN(C2CC2)c2ccccc21)C1(OCc2cc(Cl)ccc2Cl)CCCC1.O=C(O)C1(O)CCCC1.O=C1CCCC1.[C-]#[N+]C1(O[Si](C)(C)C)CCCC1. The van der Waals surface area contributed by atoms with Crippen molar-refractivity contribution in [3.05, 3.63) is 93.8 Å². The number of para-hydroxylation sites is 4. The molecule has 12 rings (SSSR count). The number of carboxylic acid groups (broad SMARTS) is 1. The summed E-state index contributed by atoms with van der Waals surface area (Å²) >= 11 is 12.5. The Hall–Kier alpha value is -4.53. The Kier molecular flexibility index (Phi) is 19.8. The van der Waals surface area contributed by atoms with Crippen molar-refractivity contribution in [1.82, 2.24) is 0 Å². The number of carbonyl (C=O) groups is 4. The number of anilines is 4. The number of nitrogens with zero attached hydrogens (tertiary/aromatic N) is 5. The van der Waals surface area contributed by atoms with Crippen molar-refractivity contribution >= 4 is 77.8 Å². The topological polar surface area (TPSA) is 165 Å². The Morgan fingerprint density at radius 1 is 0.628 bits per heavy atom. The maximum absolute atomic E-state index is 13.9. The van der Waals surface area contributed by atoms with Crippen LogP contribution in [0, 0.1) is 6.57 Å². The van der Waals surface area contributed by atoms with E-state index in [9.17, 15) is 24.3 Å². The number of ketones is 1. The van der Waals surface area contributed by atoms with Crippen LogP contribution in [-0.4, -0.2) is 108 Å². The molecule has 7 fully saturated rings. The van der Waals surface area contributed by atoms with Crippen LogP contribution in [0.1, 0.15) is 160 Å². The van der Waals surface area contributed by atoms with Crippen LogP contribution in [0.4, 0.5) is 22.7 Å². The van der Waals surface area contributed by atoms with Crippen LogP contribution in [0.2, 0.25) is 29.7 Å². The van der Waals surface area contributed by atoms with Crippen molar-refractivity contribution < 1.29 is 43.7 Å². The second-order valence-corrected chi connectivity index (χ2v) is 29.2. The monoisotopic (exact) mass is 1130 g/mol. The summed E-state index contributed by atoms with van der Waals surface area (Å²) in [7, 11) is -1.53. The first-order valence-electron chi connectivity index (χ1n) is 29.0. The van der Waals surface area contributed by atoms with Crippen molar-refractivity contribution in [3.63, 3.8) is 0 Å². The van der Waals surface area contributed by atoms with E-state index in [1.807, 2.05) is 40.1 Å². The molecule has 424 valence electrons. The van der Waals surface area contributed by atoms with Crippen LogP contribution >= 0.6 is 23.2 Å². The van der Waals surface area contributed by atoms with E-state index < -0.39 is 36.8 Å². The molecule has 0 atom stereocenters. The van der Waals surface area contributed by atoms with Crippen LogP contribution in [-0.2, 0) is 34.9 Å². The molecule has 78 heavy (non-hydrogen) atoms. The van der Waals surface area contributed by atoms with Crippen LogP contribution in [0.3, 0.4) is 0 Å². The van der Waals surface area contributed by atoms with Gasteiger partial charge in [-0.05, 0) is 196 Å². The summed E-state index contributed by atoms with van der Waals surface area (Å²) in [4.78, 5) is 59.6. The largest absolute Gasteiger partial charge is 0.479 e. The van der Waals surface area contributed by atoms with Crippen LogP contribution in [0.5, 0.6) is 0 Å². The van der Waals surface area contributed by atoms with Crippen molar-refractivity contribution in [2.24, 2.45) is 0 Å². The molecule has 0 aromatic heterocycles. The van der Waals surface area contributed by atoms with Crippen molar-refractivity contribution in [3.8, 4) is 0 Å². The first-order valence-corrected chi connectivity index (χ1v) is 33.2. The number of carbonyl (C=O) groups excluding carboxylic acids is 3. The normalized spacial score (nSPS) is 22.2. The maximum Gasteiger partial charge on any atom is 0.335 e. The molecule has 3 aromatic carbocycles. The summed E-state index contributed by atoms with van der Waals surface area (Å²) in [5.41, 5.74) is 1.39. The number of ether oxygens (including phenoxy) is 1. The number of aliphatic carboxylic acids is 1. The molecule has 0 saturated heterocycles. The molecule has 9 aliphatic rings. The Morgan fingerprint density at radius 2 is 1.08 bits per heavy atom. The van der Waals surface area contributed by atoms with Crippen molar-refractivity contribution in [2.75, 3.05) is 45.8 Å². The average molecular weight is 1130 g/mol. The summed E-state index contributed by atoms with van der Waals surface area (Å²) in [6.07, 6.45) is 22.3. The van der Waals surface area contributed by atoms with E-state index in [-0.39, 0.29) is 18.4 Å². The highest BCUT2D eigenvalue weighted by molar-refractivity contribution is 6.69. The average Bonchev–Trinajstić information content (AvgIpc) is 4.19. The molecule has 14 nitrogen and oxygen atoms in total. The van der Waals surface area contributed by atoms with Gasteiger partial charge in [0.15, 0.2) is 13.9 Å². The lowest BCUT2D eigenvalue weighted by Gasteiger charge is -2.41. The van der Waals surface area contributed by atoms with Gasteiger partial charge in [0, 0.05) is 61.1 Å². The van der Waals surface area contributed by atoms with Crippen molar-refractivity contribution in [1.29, 1.82) is 0 Å². The summed E-state index contributed by atoms with van der Waals surface area (Å²) in [6.45, 7) is 17.0. The zero-order valence-corrected chi connectivity index (χ0v) is 48.8. The van der Waals surface area contributed by atoms with E-state index in [0.717, 1.165) is 138 Å². The number of Topliss-reactive ketones (excluding diaryl/α,β-unsaturated/α-hetero) is 1. The third-order valence-electron chi connectivity index (χ3n) is 16.8. The van der Waals surface area contributed by atoms with Gasteiger partial charge in [-0.15, -0.1) is 0 Å². The van der Waals surface area contributed by atoms with Gasteiger partial charge in [-0.2, -0.15) is 0 Å². The third-order valence-corrected chi connectivity index (χ3v) is 18.4. The highest BCUT2D eigenvalue weighted by atomic mass is 35.5. The zero-order valence-electron chi connectivity index (χ0n) is 46.3. The molecule has 3 N–H and O–H groups in total. The molecular weight excluding hydrogens is 1050 g/mol. The molecule has 2 aliphatic heterocycles. The second-order valence-electron chi connectivity index (χ2n) is 24.0. The zero-order chi connectivity index (χ0) is 55.7. The maximum atomic E-state index is 13.9. The van der Waals surface area contributed by atoms with Gasteiger partial charge in [0.1, 0.15) is 17.0 Å². The van der Waals surface area contributed by atoms with E-state index >= 15 is 0 Å². The predicted octanol–water partition coefficient (Wildman–Crippen LogP) is 12.7. The second kappa shape index (κ2) is 25.9. The van der Waals surface area contributed by atoms with Gasteiger partial charge in [0.25, 0.3) is 11.8 Å². The summed E-state index contributed by atoms with van der Waals surface area (Å²) < 4.78 is 12.3. The lowest BCUT2D eigenvalue weighted by Crippen LogP contribution is -2.54. The van der Waals surface area contributed by atoms with Crippen molar-refractivity contribution in [2.45, 2.75) is 215 Å². The Bertz CT molecular complexity index is 2600. The van der Waals surface area contributed by atoms with Crippen LogP contribution < -0.4 is 19.6 Å². The van der Waals surface area contributed by atoms with Gasteiger partial charge >= 0.3 is 11.7 Å². The van der Waals surface area contributed by atoms with Crippen LogP contribution in [0.25, 0.3) is 4.85 Å². The Balaban J connectivity index is 0.000000144. The molecule has 3 aromatic rings. The quantitative estimate of drug-likeness (QED) is 0.131. The molecule has 17 heteroatoms. The summed E-state index contributed by atoms with van der Waals surface area (Å²) in [5, 5.41) is 29.4. The first kappa shape index (κ1) is 59.6. The number of aliphatic hydroxyl groups is 2. The van der Waals surface area contributed by atoms with Gasteiger partial charge < -0.3 is 44.1 Å². The third kappa shape index (κ3) is 14.9. The minimum absolute atomic E-state index is 0.0843. The minimum Gasteiger partial charge on any atom is -0.479 e. The summed E-state index contributed by atoms with van der Waals surface area (Å²) in [6, 6.07) is 23.1. The number of rotatable bonds is 10. The molecular formula is C61H83Cl2N5O9Si. The van der Waals surface area contributed by atoms with Gasteiger partial charge in [-0.1, -0.05) is 47.5 Å². The Labute approximate surface area is 473 Å². The van der Waals surface area contributed by atoms with Gasteiger partial charge in [0.05, 0.1) is 42.2 Å². The smallest absolute Gasteiger partial charge is 0.335 e. The first-order chi connectivity index (χ1) is 37.3. The van der Waals surface area contributed by atoms with Crippen LogP contribution in [0.15, 0.2) is 66.7 Å². The van der Waals surface area contributed by atoms with E-state index in [2.05, 4.69) is 58.6 Å². The van der Waals surface area contributed by atoms with E-state index in [4.69, 9.17) is 49.1 Å². The van der Waals surface area contributed by atoms with Gasteiger partial charge in [-0.3, -0.25) is 19.2 Å². The molecule has 2 amide bonds. The Morgan fingerprint density at radius 3 is 1.50 bits per heavy atom. The van der Waals surface area contributed by atoms with Gasteiger partial charge in [-0.25, -0.2) is 11.4 Å². The standard InChI is InChI=1S/C24H26Cl2N2O2.C17H22N2O2.C9H17NOSi.C6H10O3.C5H8O/c25-18-7-10-20(26)17(15-18)16-30-24(11-3-4-12-24)23(29)28-14-13-27(19-8-9-19)21-5-1-2-6-22(21)28;20-16(17(21)9-3-4-10-17)19-12-11-18(13-7-8-13)14-5-1-2-6-15(14)19;1-10-9(7-5-6-8-9)11-12(2,3)4;7-5(8)6(9)3-1-2-4-6;6-5-3-1-2-4-5/h1-2,5-7,10,15,19H,3-4,8-9,11-14,16H2;1-2,5-6,13,21H,3-4,7-12H2;5-8H2,2-4H3;9H,1-4H2,(H,7,8);1-4H2. The lowest BCUT2D eigenvalue weighted by atomic mass is 9.98. The molecule has 2 heterocycles. The molecule has 7 saturated carbocycles. The number of halogens is 2. The molecule has 0 spiro atoms. The number of benzene rings is 3. The summed E-state index contributed by atoms with van der Waals surface area (Å²) in [5.74, 6) is -0.626. The molecule has 0 bridgehead atoms. The van der Waals surface area contributed by atoms with E-state index in [0.29, 0.717) is 66.7 Å². The number of fused-ring (bicyclic) bond motifs is 2. The van der Waals surface area contributed by atoms with E-state index in [1.165, 1.54) is 31.4 Å². The number of hydrogen-bond donors (Lipinski definition) is 3. The number of amides is 2. The molecule has 0 radical (unpaired) electrons. The highest BCUT2D eigenvalue weighted by Crippen LogP contribution is 2.45. The minimum atomic E-state index is -1.53. The fourth-order valence-corrected chi connectivity index (χ4v) is 14.1. The molecule has 0 unspecified atom stereocenters. The van der Waals surface area contributed by atoms with E-state index in [1.54, 1.807) is 12.1 Å². The fourth-order valence-electron chi connectivity index (χ4n) is 12.3. The number of hydrogen-bond acceptors (Lipinski definition) is 10. The fraction of sp³-hybridized carbons (Fsp3) is 0.623. The molecule has 7 aliphatic carbocycles. The van der Waals surface area contributed by atoms with Gasteiger partial charge in [0.2, 0.25) is 0 Å².